The summed E-state index contributed by atoms with van der Waals surface area (Å²) in [5, 5.41) is 14.9. The lowest BCUT2D eigenvalue weighted by Gasteiger charge is -2.40. The van der Waals surface area contributed by atoms with Gasteiger partial charge in [-0.3, -0.25) is 24.6 Å². The molecule has 2 unspecified atom stereocenters. The molecule has 0 saturated carbocycles. The number of thiazole rings is 1. The monoisotopic (exact) mass is 693 g/mol. The Morgan fingerprint density at radius 1 is 1.02 bits per heavy atom. The van der Waals surface area contributed by atoms with Gasteiger partial charge in [-0.1, -0.05) is 72.8 Å². The number of fused-ring (bicyclic) bond motifs is 1. The number of aromatic nitrogens is 1. The summed E-state index contributed by atoms with van der Waals surface area (Å²) in [6.45, 7) is 1.15. The van der Waals surface area contributed by atoms with E-state index in [0.29, 0.717) is 37.5 Å². The number of nitrogens with one attached hydrogen (secondary N) is 2. The lowest BCUT2D eigenvalue weighted by molar-refractivity contribution is -0.157. The molecule has 260 valence electrons. The van der Waals surface area contributed by atoms with Crippen molar-refractivity contribution in [3.05, 3.63) is 101 Å². The van der Waals surface area contributed by atoms with Crippen LogP contribution in [0.25, 0.3) is 10.8 Å². The first-order chi connectivity index (χ1) is 24.2. The van der Waals surface area contributed by atoms with Crippen LogP contribution in [0.5, 0.6) is 0 Å². The van der Waals surface area contributed by atoms with Gasteiger partial charge in [0.2, 0.25) is 23.5 Å². The molecule has 2 aliphatic rings. The topological polar surface area (TPSA) is 153 Å². The van der Waals surface area contributed by atoms with E-state index in [1.165, 1.54) is 21.8 Å². The number of carbonyl (C=O) groups is 4. The number of rotatable bonds is 13. The molecule has 2 aliphatic heterocycles. The second-order valence-corrected chi connectivity index (χ2v) is 14.1. The zero-order valence-electron chi connectivity index (χ0n) is 28.0. The Morgan fingerprint density at radius 2 is 1.80 bits per heavy atom. The van der Waals surface area contributed by atoms with Crippen LogP contribution in [-0.2, 0) is 27.2 Å². The van der Waals surface area contributed by atoms with Crippen LogP contribution >= 0.6 is 11.3 Å². The molecule has 2 saturated heterocycles. The van der Waals surface area contributed by atoms with E-state index >= 15 is 0 Å². The third-order valence-corrected chi connectivity index (χ3v) is 10.4. The van der Waals surface area contributed by atoms with Crippen LogP contribution in [0, 0.1) is 11.3 Å². The molecule has 3 amide bonds. The number of piperidine rings is 1. The average Bonchev–Trinajstić information content (AvgIpc) is 3.67. The molecule has 0 spiro atoms. The number of likely N-dealkylation sites (tertiary alicyclic amines) is 1. The number of nitrogens with two attached hydrogens (primary N) is 1. The van der Waals surface area contributed by atoms with E-state index in [1.807, 2.05) is 72.8 Å². The molecule has 3 aromatic carbocycles. The summed E-state index contributed by atoms with van der Waals surface area (Å²) >= 11 is 1.21. The van der Waals surface area contributed by atoms with E-state index in [1.54, 1.807) is 21.4 Å². The number of piperazine rings is 1. The molecule has 11 nitrogen and oxygen atoms in total. The summed E-state index contributed by atoms with van der Waals surface area (Å²) in [7, 11) is 0. The predicted octanol–water partition coefficient (Wildman–Crippen LogP) is 3.87. The zero-order valence-corrected chi connectivity index (χ0v) is 28.8. The van der Waals surface area contributed by atoms with Crippen molar-refractivity contribution in [1.82, 2.24) is 25.0 Å². The SMILES string of the molecule is N=C(N)N1CCCC(C[C@H](NC(=O)CN2C(=O)CN(CCCc3ccccc3)C(=O)C2Cc2ccc3ccccc3c2)C(=O)c2nccs2)C1. The fourth-order valence-electron chi connectivity index (χ4n) is 7.07. The second-order valence-electron chi connectivity index (χ2n) is 13.2. The minimum Gasteiger partial charge on any atom is -0.370 e. The van der Waals surface area contributed by atoms with Crippen molar-refractivity contribution in [2.75, 3.05) is 32.7 Å². The fraction of sp³-hybridized carbons (Fsp3) is 0.368. The van der Waals surface area contributed by atoms with E-state index in [0.717, 1.165) is 35.6 Å². The molecule has 6 rings (SSSR count). The maximum absolute atomic E-state index is 14.1. The molecule has 1 aromatic heterocycles. The van der Waals surface area contributed by atoms with Gasteiger partial charge < -0.3 is 25.8 Å². The maximum Gasteiger partial charge on any atom is 0.246 e. The largest absolute Gasteiger partial charge is 0.370 e. The van der Waals surface area contributed by atoms with Crippen molar-refractivity contribution in [1.29, 1.82) is 5.41 Å². The molecule has 50 heavy (non-hydrogen) atoms. The summed E-state index contributed by atoms with van der Waals surface area (Å²) < 4.78 is 0. The number of aryl methyl sites for hydroxylation is 1. The number of ketones is 1. The highest BCUT2D eigenvalue weighted by atomic mass is 32.1. The maximum atomic E-state index is 14.1. The number of amides is 3. The second kappa shape index (κ2) is 16.1. The van der Waals surface area contributed by atoms with Crippen molar-refractivity contribution in [3.8, 4) is 0 Å². The zero-order chi connectivity index (χ0) is 35.0. The van der Waals surface area contributed by atoms with Crippen molar-refractivity contribution in [2.45, 2.75) is 50.6 Å². The van der Waals surface area contributed by atoms with Crippen molar-refractivity contribution >= 4 is 51.6 Å². The van der Waals surface area contributed by atoms with Gasteiger partial charge in [-0.15, -0.1) is 11.3 Å². The van der Waals surface area contributed by atoms with Crippen LogP contribution in [0.4, 0.5) is 0 Å². The van der Waals surface area contributed by atoms with Gasteiger partial charge in [0, 0.05) is 37.6 Å². The molecule has 4 N–H and O–H groups in total. The number of benzene rings is 3. The van der Waals surface area contributed by atoms with Crippen molar-refractivity contribution < 1.29 is 19.2 Å². The number of nitrogens with zero attached hydrogens (tertiary/aromatic N) is 4. The third kappa shape index (κ3) is 8.54. The van der Waals surface area contributed by atoms with E-state index < -0.39 is 18.0 Å². The number of Topliss-reactive ketones (excluding diaryl/α,β-unsaturated/α-hetero) is 1. The van der Waals surface area contributed by atoms with Crippen molar-refractivity contribution in [2.24, 2.45) is 11.7 Å². The summed E-state index contributed by atoms with van der Waals surface area (Å²) in [5.74, 6) is -1.31. The molecule has 3 atom stereocenters. The first kappa shape index (κ1) is 34.8. The number of carbonyl (C=O) groups excluding carboxylic acids is 4. The Labute approximate surface area is 296 Å². The van der Waals surface area contributed by atoms with Crippen LogP contribution in [0.3, 0.4) is 0 Å². The van der Waals surface area contributed by atoms with Gasteiger partial charge in [-0.05, 0) is 59.9 Å². The first-order valence-electron chi connectivity index (χ1n) is 17.2. The van der Waals surface area contributed by atoms with Gasteiger partial charge in [-0.25, -0.2) is 4.98 Å². The van der Waals surface area contributed by atoms with Gasteiger partial charge in [0.15, 0.2) is 11.0 Å². The van der Waals surface area contributed by atoms with Gasteiger partial charge in [-0.2, -0.15) is 0 Å². The minimum absolute atomic E-state index is 0.0126. The highest BCUT2D eigenvalue weighted by Crippen LogP contribution is 2.24. The van der Waals surface area contributed by atoms with Gasteiger partial charge >= 0.3 is 0 Å². The third-order valence-electron chi connectivity index (χ3n) is 9.64. The van der Waals surface area contributed by atoms with Gasteiger partial charge in [0.1, 0.15) is 12.6 Å². The minimum atomic E-state index is -0.880. The Kier molecular flexibility index (Phi) is 11.2. The normalized spacial score (nSPS) is 18.7. The molecular formula is C38H43N7O4S. The molecule has 3 heterocycles. The number of hydrogen-bond acceptors (Lipinski definition) is 7. The van der Waals surface area contributed by atoms with E-state index in [9.17, 15) is 19.2 Å². The molecule has 0 aliphatic carbocycles. The first-order valence-corrected chi connectivity index (χ1v) is 18.0. The molecular weight excluding hydrogens is 651 g/mol. The van der Waals surface area contributed by atoms with Crippen LogP contribution < -0.4 is 11.1 Å². The summed E-state index contributed by atoms with van der Waals surface area (Å²) in [4.78, 5) is 64.3. The van der Waals surface area contributed by atoms with E-state index in [4.69, 9.17) is 11.1 Å². The lowest BCUT2D eigenvalue weighted by atomic mass is 9.90. The summed E-state index contributed by atoms with van der Waals surface area (Å²) in [5.41, 5.74) is 7.81. The Balaban J connectivity index is 1.19. The summed E-state index contributed by atoms with van der Waals surface area (Å²) in [6.07, 6.45) is 5.27. The summed E-state index contributed by atoms with van der Waals surface area (Å²) in [6, 6.07) is 22.2. The molecule has 12 heteroatoms. The van der Waals surface area contributed by atoms with Crippen LogP contribution in [0.2, 0.25) is 0 Å². The lowest BCUT2D eigenvalue weighted by Crippen LogP contribution is -2.62. The quantitative estimate of drug-likeness (QED) is 0.109. The van der Waals surface area contributed by atoms with Crippen LogP contribution in [0.1, 0.15) is 46.6 Å². The Morgan fingerprint density at radius 3 is 2.56 bits per heavy atom. The van der Waals surface area contributed by atoms with Crippen LogP contribution in [0.15, 0.2) is 84.4 Å². The molecule has 2 fully saturated rings. The van der Waals surface area contributed by atoms with Crippen LogP contribution in [-0.4, -0.2) is 94.0 Å². The standard InChI is InChI=1S/C38H43N7O4S/c39-38(40)44-18-7-11-28(23-44)21-31(35(48)36-41-16-19-50-36)42-33(46)24-45-32(22-27-14-15-29-12-4-5-13-30(29)20-27)37(49)43(25-34(45)47)17-6-10-26-8-2-1-3-9-26/h1-5,8-9,12-16,19-20,28,31-32H,6-7,10-11,17-18,21-25H2,(H3,39,40)(H,42,46)/t28?,31-,32?/m0/s1. The van der Waals surface area contributed by atoms with E-state index in [2.05, 4.69) is 10.3 Å². The molecule has 0 bridgehead atoms. The Bertz CT molecular complexity index is 1830. The highest BCUT2D eigenvalue weighted by molar-refractivity contribution is 7.11. The van der Waals surface area contributed by atoms with Gasteiger partial charge in [0.25, 0.3) is 0 Å². The van der Waals surface area contributed by atoms with Gasteiger partial charge in [0.05, 0.1) is 12.6 Å². The fourth-order valence-corrected chi connectivity index (χ4v) is 7.70. The number of hydrogen-bond donors (Lipinski definition) is 3. The Hall–Kier alpha value is -5.10. The average molecular weight is 694 g/mol. The highest BCUT2D eigenvalue weighted by Gasteiger charge is 2.40. The molecule has 4 aromatic rings. The predicted molar refractivity (Wildman–Crippen MR) is 194 cm³/mol. The number of guanidine groups is 1. The smallest absolute Gasteiger partial charge is 0.246 e. The molecule has 0 radical (unpaired) electrons. The van der Waals surface area contributed by atoms with E-state index in [-0.39, 0.29) is 49.0 Å². The van der Waals surface area contributed by atoms with Crippen molar-refractivity contribution in [3.63, 3.8) is 0 Å².